The maximum atomic E-state index is 3.70. The van der Waals surface area contributed by atoms with E-state index in [1.165, 1.54) is 12.5 Å². The second-order valence-electron chi connectivity index (χ2n) is 2.10. The molecule has 0 spiro atoms. The number of hydrogen-bond acceptors (Lipinski definition) is 0. The zero-order chi connectivity index (χ0) is 7.33. The van der Waals surface area contributed by atoms with Crippen LogP contribution in [0.25, 0.3) is 0 Å². The molecule has 0 bridgehead atoms. The lowest BCUT2D eigenvalue weighted by molar-refractivity contribution is 1.07. The van der Waals surface area contributed by atoms with E-state index < -0.39 is 5.31 Å². The monoisotopic (exact) mass is 270 g/mol. The first-order chi connectivity index (χ1) is 4.12. The van der Waals surface area contributed by atoms with Crippen LogP contribution in [0.1, 0.15) is 13.3 Å². The highest BCUT2D eigenvalue weighted by atomic mass is 79.9. The lowest BCUT2D eigenvalue weighted by atomic mass is 10.6. The predicted molar refractivity (Wildman–Crippen MR) is 53.7 cm³/mol. The number of hydrogen-bond donors (Lipinski definition) is 0. The summed E-state index contributed by atoms with van der Waals surface area (Å²) in [5.41, 5.74) is 0. The summed E-state index contributed by atoms with van der Waals surface area (Å²) >= 11 is 7.37. The Labute approximate surface area is 73.9 Å². The van der Waals surface area contributed by atoms with Crippen molar-refractivity contribution >= 4 is 35.9 Å². The maximum Gasteiger partial charge on any atom is 0.204 e. The van der Waals surface area contributed by atoms with Crippen molar-refractivity contribution in [3.8, 4) is 0 Å². The molecular weight excluding hydrogens is 260 g/mol. The molecule has 0 aromatic carbocycles. The normalized spacial score (nSPS) is 11.4. The minimum atomic E-state index is -1.20. The van der Waals surface area contributed by atoms with Crippen LogP contribution in [-0.4, -0.2) is 5.31 Å². The van der Waals surface area contributed by atoms with E-state index in [4.69, 9.17) is 0 Å². The molecule has 0 unspecified atom stereocenters. The molecule has 0 N–H and O–H groups in total. The van der Waals surface area contributed by atoms with Crippen LogP contribution in [0.3, 0.4) is 0 Å². The van der Waals surface area contributed by atoms with Gasteiger partial charge in [0.1, 0.15) is 0 Å². The van der Waals surface area contributed by atoms with Crippen LogP contribution in [0.4, 0.5) is 0 Å². The molecule has 0 nitrogen and oxygen atoms in total. The van der Waals surface area contributed by atoms with Gasteiger partial charge < -0.3 is 0 Å². The van der Waals surface area contributed by atoms with Crippen LogP contribution in [0.2, 0.25) is 12.1 Å². The maximum absolute atomic E-state index is 3.70. The molecule has 0 aromatic rings. The molecule has 0 aliphatic rings. The van der Waals surface area contributed by atoms with Gasteiger partial charge in [-0.1, -0.05) is 19.4 Å². The van der Waals surface area contributed by atoms with E-state index >= 15 is 0 Å². The zero-order valence-corrected chi connectivity index (χ0v) is 9.83. The first-order valence-electron chi connectivity index (χ1n) is 3.11. The van der Waals surface area contributed by atoms with Crippen molar-refractivity contribution in [3.05, 3.63) is 12.7 Å². The average molecular weight is 272 g/mol. The molecule has 0 radical (unpaired) electrons. The van der Waals surface area contributed by atoms with Crippen molar-refractivity contribution in [1.82, 2.24) is 0 Å². The number of halogens is 2. The standard InChI is InChI=1S/C6H12Br2Si/c1-3-5-9(7,8)6-4-2/h3H,1,4-6H2,2H3. The molecule has 0 saturated carbocycles. The van der Waals surface area contributed by atoms with Crippen LogP contribution in [0.5, 0.6) is 0 Å². The molecule has 0 aliphatic carbocycles. The van der Waals surface area contributed by atoms with E-state index in [9.17, 15) is 0 Å². The topological polar surface area (TPSA) is 0 Å². The second kappa shape index (κ2) is 4.69. The van der Waals surface area contributed by atoms with Crippen molar-refractivity contribution in [2.45, 2.75) is 25.4 Å². The van der Waals surface area contributed by atoms with Gasteiger partial charge in [-0.15, -0.1) is 37.2 Å². The fourth-order valence-electron chi connectivity index (χ4n) is 0.679. The van der Waals surface area contributed by atoms with Gasteiger partial charge in [-0.25, -0.2) is 0 Å². The Kier molecular flexibility index (Phi) is 5.17. The largest absolute Gasteiger partial charge is 0.204 e. The Morgan fingerprint density at radius 3 is 2.44 bits per heavy atom. The third kappa shape index (κ3) is 5.37. The summed E-state index contributed by atoms with van der Waals surface area (Å²) in [6.07, 6.45) is 3.22. The lowest BCUT2D eigenvalue weighted by Gasteiger charge is -2.12. The molecule has 0 atom stereocenters. The molecule has 0 heterocycles. The van der Waals surface area contributed by atoms with Gasteiger partial charge >= 0.3 is 0 Å². The van der Waals surface area contributed by atoms with Crippen LogP contribution < -0.4 is 0 Å². The van der Waals surface area contributed by atoms with Crippen LogP contribution >= 0.6 is 30.6 Å². The fraction of sp³-hybridized carbons (Fsp3) is 0.667. The summed E-state index contributed by atoms with van der Waals surface area (Å²) in [6, 6.07) is 2.39. The first kappa shape index (κ1) is 9.92. The molecule has 0 rings (SSSR count). The Hall–Kier alpha value is 0.917. The molecular formula is C6H12Br2Si. The smallest absolute Gasteiger partial charge is 0.111 e. The molecule has 0 amide bonds. The van der Waals surface area contributed by atoms with Crippen LogP contribution in [0, 0.1) is 0 Å². The van der Waals surface area contributed by atoms with E-state index in [-0.39, 0.29) is 0 Å². The van der Waals surface area contributed by atoms with E-state index in [2.05, 4.69) is 44.1 Å². The van der Waals surface area contributed by atoms with Gasteiger partial charge in [0.2, 0.25) is 5.31 Å². The summed E-state index contributed by atoms with van der Waals surface area (Å²) < 4.78 is 0. The fourth-order valence-corrected chi connectivity index (χ4v) is 5.79. The number of allylic oxidation sites excluding steroid dienone is 1. The van der Waals surface area contributed by atoms with E-state index in [1.54, 1.807) is 0 Å². The SMILES string of the molecule is C=CC[Si](Br)(Br)CCC. The second-order valence-corrected chi connectivity index (χ2v) is 17.0. The quantitative estimate of drug-likeness (QED) is 0.414. The Bertz CT molecular complexity index is 91.1. The number of rotatable bonds is 4. The average Bonchev–Trinajstić information content (AvgIpc) is 1.64. The van der Waals surface area contributed by atoms with Gasteiger partial charge in [-0.05, 0) is 12.1 Å². The first-order valence-corrected chi connectivity index (χ1v) is 10.0. The molecule has 0 saturated heterocycles. The van der Waals surface area contributed by atoms with Gasteiger partial charge in [-0.2, -0.15) is 0 Å². The highest BCUT2D eigenvalue weighted by molar-refractivity contribution is 9.51. The molecule has 0 aromatic heterocycles. The summed E-state index contributed by atoms with van der Waals surface area (Å²) in [4.78, 5) is 0. The third-order valence-electron chi connectivity index (χ3n) is 1.06. The van der Waals surface area contributed by atoms with Gasteiger partial charge in [-0.3, -0.25) is 0 Å². The van der Waals surface area contributed by atoms with Gasteiger partial charge in [0, 0.05) is 0 Å². The predicted octanol–water partition coefficient (Wildman–Crippen LogP) is 3.81. The zero-order valence-electron chi connectivity index (χ0n) is 5.66. The third-order valence-corrected chi connectivity index (χ3v) is 7.50. The van der Waals surface area contributed by atoms with E-state index in [1.807, 2.05) is 6.08 Å². The van der Waals surface area contributed by atoms with Crippen molar-refractivity contribution in [1.29, 1.82) is 0 Å². The van der Waals surface area contributed by atoms with Gasteiger partial charge in [0.15, 0.2) is 0 Å². The van der Waals surface area contributed by atoms with Crippen LogP contribution in [0.15, 0.2) is 12.7 Å². The Morgan fingerprint density at radius 1 is 1.56 bits per heavy atom. The van der Waals surface area contributed by atoms with E-state index in [0.29, 0.717) is 0 Å². The van der Waals surface area contributed by atoms with E-state index in [0.717, 1.165) is 6.04 Å². The van der Waals surface area contributed by atoms with Gasteiger partial charge in [0.05, 0.1) is 0 Å². The minimum absolute atomic E-state index is 1.11. The molecule has 0 aliphatic heterocycles. The Morgan fingerprint density at radius 2 is 2.11 bits per heavy atom. The molecule has 9 heavy (non-hydrogen) atoms. The van der Waals surface area contributed by atoms with Crippen molar-refractivity contribution in [3.63, 3.8) is 0 Å². The highest BCUT2D eigenvalue weighted by Gasteiger charge is 2.22. The summed E-state index contributed by atoms with van der Waals surface area (Å²) in [5, 5.41) is -1.20. The summed E-state index contributed by atoms with van der Waals surface area (Å²) in [7, 11) is 0. The summed E-state index contributed by atoms with van der Waals surface area (Å²) in [6.45, 7) is 5.90. The molecule has 3 heteroatoms. The minimum Gasteiger partial charge on any atom is -0.111 e. The van der Waals surface area contributed by atoms with Crippen molar-refractivity contribution < 1.29 is 0 Å². The highest BCUT2D eigenvalue weighted by Crippen LogP contribution is 2.31. The van der Waals surface area contributed by atoms with Gasteiger partial charge in [0.25, 0.3) is 0 Å². The van der Waals surface area contributed by atoms with Crippen molar-refractivity contribution in [2.75, 3.05) is 0 Å². The summed E-state index contributed by atoms with van der Waals surface area (Å²) in [5.74, 6) is 0. The van der Waals surface area contributed by atoms with Crippen molar-refractivity contribution in [2.24, 2.45) is 0 Å². The Balaban J connectivity index is 3.55. The van der Waals surface area contributed by atoms with Crippen LogP contribution in [-0.2, 0) is 0 Å². The molecule has 54 valence electrons. The molecule has 0 fully saturated rings. The lowest BCUT2D eigenvalue weighted by Crippen LogP contribution is -2.14.